The van der Waals surface area contributed by atoms with Crippen molar-refractivity contribution in [1.82, 2.24) is 15.6 Å². The molecule has 0 bridgehead atoms. The van der Waals surface area contributed by atoms with Gasteiger partial charge in [0.1, 0.15) is 13.2 Å². The summed E-state index contributed by atoms with van der Waals surface area (Å²) in [6.07, 6.45) is 6.93. The average Bonchev–Trinajstić information content (AvgIpc) is 3.38. The van der Waals surface area contributed by atoms with Crippen LogP contribution in [0.25, 0.3) is 0 Å². The highest BCUT2D eigenvalue weighted by molar-refractivity contribution is 7.98. The second-order valence-electron chi connectivity index (χ2n) is 17.6. The third-order valence-corrected chi connectivity index (χ3v) is 11.2. The molecule has 13 nitrogen and oxygen atoms in total. The van der Waals surface area contributed by atoms with E-state index in [0.29, 0.717) is 70.5 Å². The fourth-order valence-electron chi connectivity index (χ4n) is 7.07. The van der Waals surface area contributed by atoms with E-state index in [9.17, 15) is 14.4 Å². The lowest BCUT2D eigenvalue weighted by Gasteiger charge is -2.22. The van der Waals surface area contributed by atoms with Gasteiger partial charge in [0, 0.05) is 36.3 Å². The number of nitrogens with one attached hydrogen (secondary N) is 1. The fourth-order valence-corrected chi connectivity index (χ4v) is 7.62. The van der Waals surface area contributed by atoms with Gasteiger partial charge in [-0.05, 0) is 71.2 Å². The van der Waals surface area contributed by atoms with Crippen LogP contribution in [0.3, 0.4) is 0 Å². The lowest BCUT2D eigenvalue weighted by molar-refractivity contribution is -0.179. The molecule has 0 spiro atoms. The lowest BCUT2D eigenvalue weighted by Crippen LogP contribution is -2.38. The minimum atomic E-state index is -0.215. The van der Waals surface area contributed by atoms with Crippen molar-refractivity contribution in [2.45, 2.75) is 97.4 Å². The van der Waals surface area contributed by atoms with Crippen LogP contribution in [0.1, 0.15) is 67.5 Å². The number of amides is 3. The summed E-state index contributed by atoms with van der Waals surface area (Å²) in [5, 5.41) is 2.54. The fraction of sp³-hybridized carbons (Fsp3) is 0.339. The first-order valence-corrected chi connectivity index (χ1v) is 25.7. The summed E-state index contributed by atoms with van der Waals surface area (Å²) in [6, 6.07) is 59.2. The summed E-state index contributed by atoms with van der Waals surface area (Å²) in [5.41, 5.74) is 33.0. The molecule has 0 saturated heterocycles. The first-order chi connectivity index (χ1) is 35.0. The van der Waals surface area contributed by atoms with E-state index in [1.54, 1.807) is 11.8 Å². The van der Waals surface area contributed by atoms with Gasteiger partial charge in [-0.3, -0.25) is 28.9 Å². The van der Waals surface area contributed by atoms with Crippen LogP contribution in [-0.4, -0.2) is 78.1 Å². The zero-order chi connectivity index (χ0) is 52.0. The Bertz CT molecular complexity index is 2260. The minimum Gasteiger partial charge on any atom is -0.327 e. The molecule has 0 aliphatic rings. The van der Waals surface area contributed by atoms with Crippen molar-refractivity contribution < 1.29 is 28.9 Å². The van der Waals surface area contributed by atoms with Crippen LogP contribution in [0.15, 0.2) is 182 Å². The molecule has 6 aromatic carbocycles. The second kappa shape index (κ2) is 39.3. The Kier molecular flexibility index (Phi) is 33.9. The van der Waals surface area contributed by atoms with Gasteiger partial charge < -0.3 is 22.9 Å². The first-order valence-electron chi connectivity index (χ1n) is 24.3. The molecule has 0 aliphatic carbocycles. The summed E-state index contributed by atoms with van der Waals surface area (Å²) in [7, 11) is 0. The number of rotatable bonds is 27. The lowest BCUT2D eigenvalue weighted by atomic mass is 10.0. The van der Waals surface area contributed by atoms with Gasteiger partial charge in [-0.25, -0.2) is 15.6 Å². The minimum absolute atomic E-state index is 0. The smallest absolute Gasteiger partial charge is 0.245 e. The normalized spacial score (nSPS) is 12.0. The van der Waals surface area contributed by atoms with E-state index in [1.165, 1.54) is 15.7 Å². The molecule has 14 heteroatoms. The number of benzene rings is 6. The summed E-state index contributed by atoms with van der Waals surface area (Å²) in [6.45, 7) is 6.09. The maximum atomic E-state index is 11.7. The standard InChI is InChI=1S/2C17H20N2O2.C14H22N2O2.C10H15NS.CH4/c18-17(11-15-7-3-1-4-8-15)12-19(14-20)21-13-16-9-5-2-6-10-16;18-16(11-14-7-3-1-4-8-14)12-17(20)19-21-13-15-9-5-2-6-10-15;1-12(2)8-14(15)9-16(11-17)18-10-13-6-4-3-5-7-13;1-12-8-10(11)7-9-5-3-2-4-6-9;/h1-10,14,17H,11-13,18H2;1-10,16H,11-13,18H2,(H,19,20);3-7,11-12,14H,8-10,15H2,1-2H3;2-6,10H,7-8,11H2,1H3;1H4. The highest BCUT2D eigenvalue weighted by atomic mass is 32.2. The van der Waals surface area contributed by atoms with E-state index < -0.39 is 0 Å². The Hall–Kier alpha value is -6.20. The molecule has 3 amide bonds. The van der Waals surface area contributed by atoms with Crippen LogP contribution in [0.5, 0.6) is 0 Å². The molecule has 0 aromatic heterocycles. The van der Waals surface area contributed by atoms with Crippen molar-refractivity contribution >= 4 is 30.5 Å². The van der Waals surface area contributed by atoms with Crippen molar-refractivity contribution in [2.24, 2.45) is 28.9 Å². The molecule has 6 rings (SSSR count). The predicted molar refractivity (Wildman–Crippen MR) is 299 cm³/mol. The van der Waals surface area contributed by atoms with Crippen molar-refractivity contribution in [3.8, 4) is 0 Å². The van der Waals surface area contributed by atoms with E-state index in [-0.39, 0.29) is 37.9 Å². The van der Waals surface area contributed by atoms with Gasteiger partial charge in [-0.2, -0.15) is 11.8 Å². The highest BCUT2D eigenvalue weighted by Gasteiger charge is 2.13. The average molecular weight is 1020 g/mol. The summed E-state index contributed by atoms with van der Waals surface area (Å²) in [5.74, 6) is 1.35. The molecule has 0 radical (unpaired) electrons. The Morgan fingerprint density at radius 1 is 0.507 bits per heavy atom. The zero-order valence-corrected chi connectivity index (χ0v) is 43.0. The van der Waals surface area contributed by atoms with Crippen molar-refractivity contribution in [2.75, 3.05) is 25.1 Å². The molecule has 4 unspecified atom stereocenters. The SMILES string of the molecule is C.CC(C)CC(N)CN(C=O)OCc1ccccc1.CSCC(N)Cc1ccccc1.NC(CC(=O)NOCc1ccccc1)Cc1ccccc1.NC(Cc1ccccc1)CN(C=O)OCc1ccccc1. The molecule has 0 saturated carbocycles. The van der Waals surface area contributed by atoms with E-state index in [1.807, 2.05) is 158 Å². The molecule has 0 fully saturated rings. The van der Waals surface area contributed by atoms with Crippen molar-refractivity contribution in [1.29, 1.82) is 0 Å². The Morgan fingerprint density at radius 2 is 0.836 bits per heavy atom. The van der Waals surface area contributed by atoms with E-state index in [2.05, 4.69) is 49.8 Å². The number of thioether (sulfide) groups is 1. The highest BCUT2D eigenvalue weighted by Crippen LogP contribution is 2.10. The van der Waals surface area contributed by atoms with Gasteiger partial charge in [-0.1, -0.05) is 203 Å². The van der Waals surface area contributed by atoms with E-state index in [0.717, 1.165) is 46.4 Å². The summed E-state index contributed by atoms with van der Waals surface area (Å²) < 4.78 is 0. The molecule has 6 aromatic rings. The van der Waals surface area contributed by atoms with Crippen LogP contribution in [0.2, 0.25) is 0 Å². The number of hydrogen-bond acceptors (Lipinski definition) is 11. The third kappa shape index (κ3) is 31.1. The van der Waals surface area contributed by atoms with Crippen LogP contribution < -0.4 is 28.4 Å². The van der Waals surface area contributed by atoms with Crippen LogP contribution in [0, 0.1) is 5.92 Å². The van der Waals surface area contributed by atoms with Crippen LogP contribution >= 0.6 is 11.8 Å². The van der Waals surface area contributed by atoms with Crippen LogP contribution in [-0.2, 0) is 68.0 Å². The Labute approximate surface area is 439 Å². The Balaban J connectivity index is 0.000000338. The second-order valence-corrected chi connectivity index (χ2v) is 18.5. The van der Waals surface area contributed by atoms with Crippen molar-refractivity contribution in [3.05, 3.63) is 215 Å². The maximum Gasteiger partial charge on any atom is 0.245 e. The molecule has 0 aliphatic heterocycles. The molecule has 394 valence electrons. The van der Waals surface area contributed by atoms with E-state index in [4.69, 9.17) is 37.4 Å². The van der Waals surface area contributed by atoms with E-state index >= 15 is 0 Å². The predicted octanol–water partition coefficient (Wildman–Crippen LogP) is 8.85. The molecule has 0 heterocycles. The molecule has 4 atom stereocenters. The van der Waals surface area contributed by atoms with Gasteiger partial charge >= 0.3 is 0 Å². The number of nitrogens with zero attached hydrogens (tertiary/aromatic N) is 2. The largest absolute Gasteiger partial charge is 0.327 e. The van der Waals surface area contributed by atoms with Crippen LogP contribution in [0.4, 0.5) is 0 Å². The number of hydroxylamine groups is 5. The third-order valence-electron chi connectivity index (χ3n) is 10.4. The summed E-state index contributed by atoms with van der Waals surface area (Å²) in [4.78, 5) is 49.7. The van der Waals surface area contributed by atoms with Gasteiger partial charge in [-0.15, -0.1) is 0 Å². The monoisotopic (exact) mass is 1020 g/mol. The van der Waals surface area contributed by atoms with Gasteiger partial charge in [0.05, 0.1) is 19.7 Å². The van der Waals surface area contributed by atoms with Crippen molar-refractivity contribution in [3.63, 3.8) is 0 Å². The number of carbonyl (C=O) groups excluding carboxylic acids is 3. The molecule has 73 heavy (non-hydrogen) atoms. The van der Waals surface area contributed by atoms with Gasteiger partial charge in [0.2, 0.25) is 18.7 Å². The molecule has 9 N–H and O–H groups in total. The number of hydrogen-bond donors (Lipinski definition) is 5. The Morgan fingerprint density at radius 3 is 1.19 bits per heavy atom. The molecular formula is C59H81N7O6S. The maximum absolute atomic E-state index is 11.7. The zero-order valence-electron chi connectivity index (χ0n) is 42.2. The molecular weight excluding hydrogens is 935 g/mol. The number of nitrogens with two attached hydrogens (primary N) is 4. The topological polar surface area (TPSA) is 201 Å². The van der Waals surface area contributed by atoms with Gasteiger partial charge in [0.15, 0.2) is 0 Å². The summed E-state index contributed by atoms with van der Waals surface area (Å²) >= 11 is 1.80. The quantitative estimate of drug-likeness (QED) is 0.0244. The first kappa shape index (κ1) is 62.9. The van der Waals surface area contributed by atoms with Gasteiger partial charge in [0.25, 0.3) is 0 Å². The number of carbonyl (C=O) groups is 3.